The third-order valence-electron chi connectivity index (χ3n) is 2.07. The molecule has 0 aliphatic rings. The van der Waals surface area contributed by atoms with Gasteiger partial charge in [0.15, 0.2) is 0 Å². The van der Waals surface area contributed by atoms with Crippen LogP contribution < -0.4 is 0 Å². The van der Waals surface area contributed by atoms with Crippen LogP contribution in [0.3, 0.4) is 0 Å². The molecule has 0 aromatic heterocycles. The summed E-state index contributed by atoms with van der Waals surface area (Å²) in [6, 6.07) is 0. The molecule has 0 saturated carbocycles. The van der Waals surface area contributed by atoms with E-state index in [4.69, 9.17) is 5.11 Å². The van der Waals surface area contributed by atoms with E-state index in [1.807, 2.05) is 26.8 Å². The van der Waals surface area contributed by atoms with Crippen LogP contribution in [0.5, 0.6) is 0 Å². The van der Waals surface area contributed by atoms with Gasteiger partial charge in [-0.3, -0.25) is 0 Å². The van der Waals surface area contributed by atoms with Gasteiger partial charge in [-0.15, -0.1) is 6.58 Å². The molecule has 0 amide bonds. The van der Waals surface area contributed by atoms with Crippen LogP contribution in [-0.2, 0) is 0 Å². The van der Waals surface area contributed by atoms with Gasteiger partial charge >= 0.3 is 0 Å². The predicted octanol–water partition coefficient (Wildman–Crippen LogP) is 2.85. The molecule has 0 fully saturated rings. The lowest BCUT2D eigenvalue weighted by Gasteiger charge is -2.25. The summed E-state index contributed by atoms with van der Waals surface area (Å²) in [5, 5.41) is 8.75. The highest BCUT2D eigenvalue weighted by molar-refractivity contribution is 4.90. The van der Waals surface area contributed by atoms with E-state index in [0.717, 1.165) is 0 Å². The molecule has 0 aliphatic carbocycles. The highest BCUT2D eigenvalue weighted by Crippen LogP contribution is 2.26. The van der Waals surface area contributed by atoms with Gasteiger partial charge in [0.1, 0.15) is 0 Å². The van der Waals surface area contributed by atoms with E-state index < -0.39 is 0 Å². The van der Waals surface area contributed by atoms with Crippen LogP contribution in [0.4, 0.5) is 0 Å². The second-order valence-electron chi connectivity index (χ2n) is 3.11. The van der Waals surface area contributed by atoms with Crippen LogP contribution >= 0.6 is 0 Å². The van der Waals surface area contributed by atoms with Gasteiger partial charge in [0.25, 0.3) is 0 Å². The fraction of sp³-hybridized carbons (Fsp3) is 0.800. The summed E-state index contributed by atoms with van der Waals surface area (Å²) in [5.41, 5.74) is 0.0642. The lowest BCUT2D eigenvalue weighted by Crippen LogP contribution is -2.21. The average Bonchev–Trinajstić information content (AvgIpc) is 2.06. The van der Waals surface area contributed by atoms with Gasteiger partial charge < -0.3 is 5.11 Å². The maximum Gasteiger partial charge on any atom is 0.0464 e. The van der Waals surface area contributed by atoms with E-state index in [1.165, 1.54) is 0 Å². The van der Waals surface area contributed by atoms with Crippen molar-refractivity contribution in [2.45, 2.75) is 34.6 Å². The minimum atomic E-state index is 0.0642. The monoisotopic (exact) mass is 158 g/mol. The van der Waals surface area contributed by atoms with Crippen LogP contribution in [-0.4, -0.2) is 11.7 Å². The summed E-state index contributed by atoms with van der Waals surface area (Å²) in [4.78, 5) is 0. The Bertz CT molecular complexity index is 95.0. The molecule has 1 nitrogen and oxygen atoms in total. The van der Waals surface area contributed by atoms with E-state index in [2.05, 4.69) is 20.4 Å². The Kier molecular flexibility index (Phi) is 7.75. The van der Waals surface area contributed by atoms with Crippen LogP contribution in [0.25, 0.3) is 0 Å². The number of hydrogen-bond donors (Lipinski definition) is 1. The second-order valence-corrected chi connectivity index (χ2v) is 3.11. The molecule has 0 heterocycles. The van der Waals surface area contributed by atoms with Crippen molar-refractivity contribution in [3.8, 4) is 0 Å². The molecule has 0 saturated heterocycles. The summed E-state index contributed by atoms with van der Waals surface area (Å²) in [6.45, 7) is 14.1. The normalized spacial score (nSPS) is 12.9. The van der Waals surface area contributed by atoms with E-state index in [9.17, 15) is 0 Å². The number of hydrogen-bond acceptors (Lipinski definition) is 1. The number of allylic oxidation sites excluding steroid dienone is 1. The topological polar surface area (TPSA) is 20.2 Å². The van der Waals surface area contributed by atoms with Gasteiger partial charge in [-0.2, -0.15) is 0 Å². The standard InChI is InChI=1S/C8H16O.C2H6/c1-5-8(3,4)7(2)6-9;1-2/h5,7,9H,1,6H2,2-4H3;1-2H3. The zero-order chi connectivity index (χ0) is 9.49. The summed E-state index contributed by atoms with van der Waals surface area (Å²) < 4.78 is 0. The van der Waals surface area contributed by atoms with Crippen molar-refractivity contribution in [3.05, 3.63) is 12.7 Å². The summed E-state index contributed by atoms with van der Waals surface area (Å²) >= 11 is 0. The molecule has 0 radical (unpaired) electrons. The molecule has 0 spiro atoms. The number of aliphatic hydroxyl groups is 1. The Balaban J connectivity index is 0. The summed E-state index contributed by atoms with van der Waals surface area (Å²) in [7, 11) is 0. The molecular formula is C10H22O. The molecule has 1 heteroatoms. The van der Waals surface area contributed by atoms with Crippen LogP contribution in [0, 0.1) is 11.3 Å². The molecule has 1 N–H and O–H groups in total. The highest BCUT2D eigenvalue weighted by atomic mass is 16.3. The van der Waals surface area contributed by atoms with Gasteiger partial charge in [-0.25, -0.2) is 0 Å². The zero-order valence-electron chi connectivity index (χ0n) is 8.52. The van der Waals surface area contributed by atoms with E-state index >= 15 is 0 Å². The molecular weight excluding hydrogens is 136 g/mol. The van der Waals surface area contributed by atoms with E-state index in [-0.39, 0.29) is 12.0 Å². The maximum absolute atomic E-state index is 8.75. The SMILES string of the molecule is C=CC(C)(C)C(C)CO.CC. The van der Waals surface area contributed by atoms with Gasteiger partial charge in [-0.05, 0) is 11.3 Å². The smallest absolute Gasteiger partial charge is 0.0464 e. The second kappa shape index (κ2) is 6.41. The third kappa shape index (κ3) is 5.02. The molecule has 1 atom stereocenters. The Morgan fingerprint density at radius 2 is 1.82 bits per heavy atom. The molecule has 0 aromatic carbocycles. The van der Waals surface area contributed by atoms with Crippen molar-refractivity contribution in [3.63, 3.8) is 0 Å². The largest absolute Gasteiger partial charge is 0.396 e. The number of rotatable bonds is 3. The Hall–Kier alpha value is -0.300. The Morgan fingerprint density at radius 1 is 1.45 bits per heavy atom. The fourth-order valence-electron chi connectivity index (χ4n) is 0.436. The van der Waals surface area contributed by atoms with Crippen molar-refractivity contribution in [2.24, 2.45) is 11.3 Å². The molecule has 0 rings (SSSR count). The fourth-order valence-corrected chi connectivity index (χ4v) is 0.436. The minimum Gasteiger partial charge on any atom is -0.396 e. The highest BCUT2D eigenvalue weighted by Gasteiger charge is 2.20. The Morgan fingerprint density at radius 3 is 1.91 bits per heavy atom. The quantitative estimate of drug-likeness (QED) is 0.626. The van der Waals surface area contributed by atoms with Crippen molar-refractivity contribution >= 4 is 0 Å². The van der Waals surface area contributed by atoms with Crippen LogP contribution in [0.1, 0.15) is 34.6 Å². The molecule has 11 heavy (non-hydrogen) atoms. The van der Waals surface area contributed by atoms with Crippen LogP contribution in [0.2, 0.25) is 0 Å². The van der Waals surface area contributed by atoms with Crippen molar-refractivity contribution in [1.82, 2.24) is 0 Å². The molecule has 0 bridgehead atoms. The van der Waals surface area contributed by atoms with E-state index in [1.54, 1.807) is 0 Å². The first-order valence-electron chi connectivity index (χ1n) is 4.29. The first-order chi connectivity index (χ1) is 5.04. The summed E-state index contributed by atoms with van der Waals surface area (Å²) in [6.07, 6.45) is 1.88. The van der Waals surface area contributed by atoms with Gasteiger partial charge in [0.2, 0.25) is 0 Å². The third-order valence-corrected chi connectivity index (χ3v) is 2.07. The van der Waals surface area contributed by atoms with E-state index in [0.29, 0.717) is 5.92 Å². The average molecular weight is 158 g/mol. The maximum atomic E-state index is 8.75. The minimum absolute atomic E-state index is 0.0642. The molecule has 68 valence electrons. The van der Waals surface area contributed by atoms with Gasteiger partial charge in [-0.1, -0.05) is 40.7 Å². The summed E-state index contributed by atoms with van der Waals surface area (Å²) in [5.74, 6) is 0.301. The van der Waals surface area contributed by atoms with Crippen molar-refractivity contribution in [2.75, 3.05) is 6.61 Å². The molecule has 1 unspecified atom stereocenters. The first kappa shape index (κ1) is 13.3. The van der Waals surface area contributed by atoms with Crippen molar-refractivity contribution in [1.29, 1.82) is 0 Å². The number of aliphatic hydroxyl groups excluding tert-OH is 1. The zero-order valence-corrected chi connectivity index (χ0v) is 8.52. The van der Waals surface area contributed by atoms with Crippen molar-refractivity contribution < 1.29 is 5.11 Å². The van der Waals surface area contributed by atoms with Crippen LogP contribution in [0.15, 0.2) is 12.7 Å². The Labute approximate surface area is 71.1 Å². The lowest BCUT2D eigenvalue weighted by molar-refractivity contribution is 0.165. The van der Waals surface area contributed by atoms with Gasteiger partial charge in [0, 0.05) is 6.61 Å². The van der Waals surface area contributed by atoms with Gasteiger partial charge in [0.05, 0.1) is 0 Å². The lowest BCUT2D eigenvalue weighted by atomic mass is 9.81. The molecule has 0 aromatic rings. The first-order valence-corrected chi connectivity index (χ1v) is 4.29. The predicted molar refractivity (Wildman–Crippen MR) is 51.6 cm³/mol. The molecule has 0 aliphatic heterocycles.